The lowest BCUT2D eigenvalue weighted by Gasteiger charge is -2.47. The van der Waals surface area contributed by atoms with Crippen molar-refractivity contribution in [3.63, 3.8) is 0 Å². The monoisotopic (exact) mass is 483 g/mol. The number of hydrogen-bond donors (Lipinski definition) is 2. The number of nitrogens with zero attached hydrogens (tertiary/aromatic N) is 2. The van der Waals surface area contributed by atoms with Gasteiger partial charge in [-0.05, 0) is 43.3 Å². The van der Waals surface area contributed by atoms with E-state index < -0.39 is 26.9 Å². The number of nitrogens with one attached hydrogen (secondary N) is 1. The Labute approximate surface area is 197 Å². The number of hydrogen-bond acceptors (Lipinski definition) is 7. The van der Waals surface area contributed by atoms with E-state index in [4.69, 9.17) is 9.94 Å². The van der Waals surface area contributed by atoms with Crippen LogP contribution < -0.4 is 10.2 Å². The highest BCUT2D eigenvalue weighted by Crippen LogP contribution is 2.34. The van der Waals surface area contributed by atoms with Gasteiger partial charge in [-0.2, -0.15) is 0 Å². The van der Waals surface area contributed by atoms with Crippen LogP contribution in [-0.4, -0.2) is 54.2 Å². The van der Waals surface area contributed by atoms with Crippen molar-refractivity contribution in [2.45, 2.75) is 25.3 Å². The molecule has 10 heteroatoms. The molecule has 2 aromatic carbocycles. The first-order chi connectivity index (χ1) is 16.1. The summed E-state index contributed by atoms with van der Waals surface area (Å²) in [5, 5.41) is 10.1. The summed E-state index contributed by atoms with van der Waals surface area (Å²) in [7, 11) is -3.88. The van der Waals surface area contributed by atoms with Crippen molar-refractivity contribution in [2.75, 3.05) is 18.8 Å². The lowest BCUT2D eigenvalue weighted by molar-refractivity contribution is -0.155. The van der Waals surface area contributed by atoms with E-state index in [1.165, 1.54) is 29.4 Å². The number of carbonyl (C=O) groups is 2. The second-order valence-electron chi connectivity index (χ2n) is 8.56. The van der Waals surface area contributed by atoms with Crippen molar-refractivity contribution < 1.29 is 28.0 Å². The van der Waals surface area contributed by atoms with Crippen LogP contribution in [0.3, 0.4) is 0 Å². The highest BCUT2D eigenvalue weighted by Gasteiger charge is 2.53. The van der Waals surface area contributed by atoms with Crippen LogP contribution in [-0.2, 0) is 26.0 Å². The number of rotatable bonds is 7. The fourth-order valence-corrected chi connectivity index (χ4v) is 5.95. The molecule has 1 aliphatic heterocycles. The van der Waals surface area contributed by atoms with E-state index in [9.17, 15) is 18.0 Å². The number of para-hydroxylation sites is 1. The summed E-state index contributed by atoms with van der Waals surface area (Å²) in [5.74, 6) is -1.13. The Hall–Kier alpha value is -3.50. The molecule has 1 saturated heterocycles. The maximum absolute atomic E-state index is 13.0. The number of hydroxylamine groups is 1. The van der Waals surface area contributed by atoms with Gasteiger partial charge in [0.05, 0.1) is 16.2 Å². The number of sulfone groups is 1. The second-order valence-corrected chi connectivity index (χ2v) is 10.5. The molecule has 0 radical (unpaired) electrons. The molecule has 0 unspecified atom stereocenters. The molecule has 2 N–H and O–H groups in total. The van der Waals surface area contributed by atoms with Gasteiger partial charge < -0.3 is 9.64 Å². The number of ether oxygens (including phenoxy) is 1. The molecule has 2 amide bonds. The van der Waals surface area contributed by atoms with Crippen LogP contribution >= 0.6 is 0 Å². The third-order valence-corrected chi connectivity index (χ3v) is 7.91. The zero-order valence-corrected chi connectivity index (χ0v) is 19.6. The largest absolute Gasteiger partial charge is 0.489 e. The van der Waals surface area contributed by atoms with Crippen molar-refractivity contribution in [3.8, 4) is 5.75 Å². The van der Waals surface area contributed by atoms with Crippen LogP contribution in [0.15, 0.2) is 59.5 Å². The number of aryl methyl sites for hydroxylation is 1. The van der Waals surface area contributed by atoms with E-state index >= 15 is 0 Å². The number of pyridine rings is 1. The molecule has 4 rings (SSSR count). The molecule has 0 saturated carbocycles. The average molecular weight is 484 g/mol. The third-order valence-electron chi connectivity index (χ3n) is 5.99. The molecule has 0 spiro atoms. The first-order valence-corrected chi connectivity index (χ1v) is 12.3. The van der Waals surface area contributed by atoms with Crippen molar-refractivity contribution in [3.05, 3.63) is 65.9 Å². The molecule has 0 atom stereocenters. The zero-order valence-electron chi connectivity index (χ0n) is 18.8. The van der Waals surface area contributed by atoms with Crippen LogP contribution in [0, 0.1) is 12.3 Å². The topological polar surface area (TPSA) is 126 Å². The Bertz CT molecular complexity index is 1350. The van der Waals surface area contributed by atoms with Crippen molar-refractivity contribution in [1.82, 2.24) is 15.4 Å². The summed E-state index contributed by atoms with van der Waals surface area (Å²) in [6.07, 6.45) is 0. The summed E-state index contributed by atoms with van der Waals surface area (Å²) >= 11 is 0. The Balaban J connectivity index is 1.48. The number of amides is 2. The fraction of sp³-hybridized carbons (Fsp3) is 0.292. The molecule has 0 bridgehead atoms. The van der Waals surface area contributed by atoms with E-state index in [1.54, 1.807) is 12.1 Å². The fourth-order valence-electron chi connectivity index (χ4n) is 4.19. The first kappa shape index (κ1) is 23.7. The molecule has 1 aliphatic rings. The van der Waals surface area contributed by atoms with E-state index in [-0.39, 0.29) is 30.5 Å². The van der Waals surface area contributed by atoms with Crippen LogP contribution in [0.5, 0.6) is 5.75 Å². The van der Waals surface area contributed by atoms with Crippen LogP contribution in [0.1, 0.15) is 18.2 Å². The summed E-state index contributed by atoms with van der Waals surface area (Å²) in [6.45, 7) is 3.39. The predicted molar refractivity (Wildman–Crippen MR) is 124 cm³/mol. The quantitative estimate of drug-likeness (QED) is 0.390. The second kappa shape index (κ2) is 9.03. The van der Waals surface area contributed by atoms with Gasteiger partial charge in [0.2, 0.25) is 5.91 Å². The van der Waals surface area contributed by atoms with Gasteiger partial charge in [0.1, 0.15) is 17.8 Å². The van der Waals surface area contributed by atoms with Gasteiger partial charge >= 0.3 is 0 Å². The minimum Gasteiger partial charge on any atom is -0.489 e. The van der Waals surface area contributed by atoms with E-state index in [0.29, 0.717) is 5.75 Å². The van der Waals surface area contributed by atoms with E-state index in [0.717, 1.165) is 22.2 Å². The molecule has 34 heavy (non-hydrogen) atoms. The predicted octanol–water partition coefficient (Wildman–Crippen LogP) is 2.25. The average Bonchev–Trinajstić information content (AvgIpc) is 2.79. The van der Waals surface area contributed by atoms with Crippen LogP contribution in [0.2, 0.25) is 0 Å². The molecular weight excluding hydrogens is 458 g/mol. The number of carbonyl (C=O) groups excluding carboxylic acids is 2. The highest BCUT2D eigenvalue weighted by molar-refractivity contribution is 7.91. The Kier molecular flexibility index (Phi) is 6.28. The first-order valence-electron chi connectivity index (χ1n) is 10.6. The van der Waals surface area contributed by atoms with Gasteiger partial charge in [-0.1, -0.05) is 18.2 Å². The lowest BCUT2D eigenvalue weighted by atomic mass is 9.81. The number of aromatic nitrogens is 1. The molecule has 1 aromatic heterocycles. The smallest absolute Gasteiger partial charge is 0.254 e. The van der Waals surface area contributed by atoms with Gasteiger partial charge in [-0.15, -0.1) is 0 Å². The van der Waals surface area contributed by atoms with Crippen molar-refractivity contribution in [1.29, 1.82) is 0 Å². The zero-order chi connectivity index (χ0) is 24.5. The molecule has 3 aromatic rings. The third kappa shape index (κ3) is 4.59. The van der Waals surface area contributed by atoms with Gasteiger partial charge in [0.15, 0.2) is 9.84 Å². The van der Waals surface area contributed by atoms with E-state index in [1.807, 2.05) is 37.3 Å². The summed E-state index contributed by atoms with van der Waals surface area (Å²) < 4.78 is 31.9. The molecule has 2 heterocycles. The SMILES string of the molecule is CC(=O)N1CC(CS(=O)(=O)c2ccc(OCc3cc(C)nc4ccccc34)cc2)(C(=O)NO)C1. The maximum Gasteiger partial charge on any atom is 0.254 e. The Morgan fingerprint density at radius 1 is 1.15 bits per heavy atom. The number of likely N-dealkylation sites (tertiary alicyclic amines) is 1. The van der Waals surface area contributed by atoms with Crippen molar-refractivity contribution in [2.24, 2.45) is 5.41 Å². The molecule has 1 fully saturated rings. The normalized spacial score (nSPS) is 15.0. The minimum atomic E-state index is -3.88. The summed E-state index contributed by atoms with van der Waals surface area (Å²) in [5.41, 5.74) is 2.86. The summed E-state index contributed by atoms with van der Waals surface area (Å²) in [4.78, 5) is 29.6. The van der Waals surface area contributed by atoms with Crippen molar-refractivity contribution >= 4 is 32.6 Å². The Morgan fingerprint density at radius 2 is 1.82 bits per heavy atom. The van der Waals surface area contributed by atoms with Gasteiger partial charge in [0, 0.05) is 36.7 Å². The van der Waals surface area contributed by atoms with Crippen LogP contribution in [0.4, 0.5) is 0 Å². The van der Waals surface area contributed by atoms with Crippen LogP contribution in [0.25, 0.3) is 10.9 Å². The molecular formula is C24H25N3O6S. The number of benzene rings is 2. The highest BCUT2D eigenvalue weighted by atomic mass is 32.2. The Morgan fingerprint density at radius 3 is 2.47 bits per heavy atom. The molecule has 178 valence electrons. The maximum atomic E-state index is 13.0. The number of fused-ring (bicyclic) bond motifs is 1. The van der Waals surface area contributed by atoms with Gasteiger partial charge in [0.25, 0.3) is 5.91 Å². The molecule has 9 nitrogen and oxygen atoms in total. The van der Waals surface area contributed by atoms with Gasteiger partial charge in [-0.3, -0.25) is 19.8 Å². The van der Waals surface area contributed by atoms with Gasteiger partial charge in [-0.25, -0.2) is 13.9 Å². The standard InChI is InChI=1S/C24H25N3O6S/c1-16-11-18(21-5-3-4-6-22(21)25-16)12-33-19-7-9-20(10-8-19)34(31,32)15-24(23(29)26-30)13-27(14-24)17(2)28/h3-11,30H,12-15H2,1-2H3,(H,26,29). The van der Waals surface area contributed by atoms with E-state index in [2.05, 4.69) is 4.98 Å². The summed E-state index contributed by atoms with van der Waals surface area (Å²) in [6, 6.07) is 15.7. The minimum absolute atomic E-state index is 0.0245. The lowest BCUT2D eigenvalue weighted by Crippen LogP contribution is -2.66. The molecule has 0 aliphatic carbocycles.